The van der Waals surface area contributed by atoms with Crippen molar-refractivity contribution >= 4 is 17.7 Å². The van der Waals surface area contributed by atoms with Gasteiger partial charge in [-0.1, -0.05) is 12.1 Å². The molecule has 0 radical (unpaired) electrons. The zero-order valence-electron chi connectivity index (χ0n) is 12.5. The minimum Gasteiger partial charge on any atom is -0.496 e. The second-order valence-corrected chi connectivity index (χ2v) is 5.80. The van der Waals surface area contributed by atoms with Gasteiger partial charge in [0.05, 0.1) is 7.11 Å². The largest absolute Gasteiger partial charge is 0.496 e. The fraction of sp³-hybridized carbons (Fsp3) is 0.533. The van der Waals surface area contributed by atoms with Crippen LogP contribution in [0.15, 0.2) is 12.1 Å². The first-order chi connectivity index (χ1) is 9.49. The molecule has 0 heterocycles. The lowest BCUT2D eigenvalue weighted by molar-refractivity contribution is -0.139. The topological polar surface area (TPSA) is 58.6 Å². The highest BCUT2D eigenvalue weighted by Gasteiger charge is 2.16. The van der Waals surface area contributed by atoms with Crippen molar-refractivity contribution in [3.8, 4) is 5.75 Å². The van der Waals surface area contributed by atoms with Crippen molar-refractivity contribution in [1.82, 2.24) is 5.32 Å². The van der Waals surface area contributed by atoms with Crippen LogP contribution in [0.2, 0.25) is 0 Å². The summed E-state index contributed by atoms with van der Waals surface area (Å²) in [6, 6.07) is 3.57. The van der Waals surface area contributed by atoms with E-state index in [2.05, 4.69) is 5.32 Å². The van der Waals surface area contributed by atoms with Crippen LogP contribution in [0.25, 0.3) is 0 Å². The van der Waals surface area contributed by atoms with E-state index < -0.39 is 12.0 Å². The van der Waals surface area contributed by atoms with Gasteiger partial charge in [0.1, 0.15) is 11.8 Å². The molecule has 0 aliphatic rings. The standard InChI is InChI=1S/C15H23NO3S/c1-10-7-12(8-11(2)14(10)19-3)9-16-13(15(17)18)5-6-20-4/h7-8,13,16H,5-6,9H2,1-4H3,(H,17,18). The monoisotopic (exact) mass is 297 g/mol. The zero-order chi connectivity index (χ0) is 15.1. The number of carboxylic acids is 1. The maximum absolute atomic E-state index is 11.2. The van der Waals surface area contributed by atoms with Crippen molar-refractivity contribution in [2.24, 2.45) is 0 Å². The first-order valence-corrected chi connectivity index (χ1v) is 7.98. The number of benzene rings is 1. The van der Waals surface area contributed by atoms with Gasteiger partial charge in [0.25, 0.3) is 0 Å². The van der Waals surface area contributed by atoms with Crippen LogP contribution in [-0.4, -0.2) is 36.2 Å². The Morgan fingerprint density at radius 3 is 2.45 bits per heavy atom. The highest BCUT2D eigenvalue weighted by Crippen LogP contribution is 2.24. The van der Waals surface area contributed by atoms with Crippen LogP contribution < -0.4 is 10.1 Å². The summed E-state index contributed by atoms with van der Waals surface area (Å²) in [7, 11) is 1.66. The molecule has 0 aliphatic carbocycles. The van der Waals surface area contributed by atoms with Crippen LogP contribution in [0.1, 0.15) is 23.1 Å². The van der Waals surface area contributed by atoms with E-state index in [-0.39, 0.29) is 0 Å². The maximum Gasteiger partial charge on any atom is 0.320 e. The molecule has 1 aromatic rings. The number of ether oxygens (including phenoxy) is 1. The maximum atomic E-state index is 11.2. The van der Waals surface area contributed by atoms with Crippen molar-refractivity contribution in [3.63, 3.8) is 0 Å². The summed E-state index contributed by atoms with van der Waals surface area (Å²) in [5.74, 6) is 0.942. The van der Waals surface area contributed by atoms with E-state index in [1.165, 1.54) is 0 Å². The van der Waals surface area contributed by atoms with Gasteiger partial charge >= 0.3 is 5.97 Å². The van der Waals surface area contributed by atoms with Gasteiger partial charge in [-0.05, 0) is 49.0 Å². The Kier molecular flexibility index (Phi) is 6.88. The van der Waals surface area contributed by atoms with E-state index in [1.54, 1.807) is 18.9 Å². The summed E-state index contributed by atoms with van der Waals surface area (Å²) in [5.41, 5.74) is 3.22. The molecule has 2 N–H and O–H groups in total. The molecule has 1 atom stereocenters. The van der Waals surface area contributed by atoms with E-state index in [4.69, 9.17) is 4.74 Å². The number of carbonyl (C=O) groups is 1. The number of thioether (sulfide) groups is 1. The Morgan fingerprint density at radius 2 is 2.00 bits per heavy atom. The summed E-state index contributed by atoms with van der Waals surface area (Å²) in [4.78, 5) is 11.2. The Balaban J connectivity index is 2.70. The van der Waals surface area contributed by atoms with Crippen LogP contribution >= 0.6 is 11.8 Å². The summed E-state index contributed by atoms with van der Waals surface area (Å²) in [6.07, 6.45) is 2.61. The molecular weight excluding hydrogens is 274 g/mol. The molecule has 0 fully saturated rings. The molecule has 0 amide bonds. The summed E-state index contributed by atoms with van der Waals surface area (Å²) >= 11 is 1.66. The van der Waals surface area contributed by atoms with Crippen molar-refractivity contribution < 1.29 is 14.6 Å². The predicted octanol–water partition coefficient (Wildman–Crippen LogP) is 2.61. The summed E-state index contributed by atoms with van der Waals surface area (Å²) in [5, 5.41) is 12.3. The minimum atomic E-state index is -0.791. The van der Waals surface area contributed by atoms with Gasteiger partial charge in [0.2, 0.25) is 0 Å². The normalized spacial score (nSPS) is 12.2. The average molecular weight is 297 g/mol. The first kappa shape index (κ1) is 16.9. The van der Waals surface area contributed by atoms with Gasteiger partial charge in [0, 0.05) is 6.54 Å². The van der Waals surface area contributed by atoms with Gasteiger partial charge in [-0.25, -0.2) is 0 Å². The number of rotatable bonds is 8. The molecule has 4 nitrogen and oxygen atoms in total. The Bertz CT molecular complexity index is 439. The van der Waals surface area contributed by atoms with Crippen LogP contribution in [0.3, 0.4) is 0 Å². The average Bonchev–Trinajstić information content (AvgIpc) is 2.38. The number of hydrogen-bond donors (Lipinski definition) is 2. The smallest absolute Gasteiger partial charge is 0.320 e. The summed E-state index contributed by atoms with van der Waals surface area (Å²) in [6.45, 7) is 4.55. The highest BCUT2D eigenvalue weighted by atomic mass is 32.2. The first-order valence-electron chi connectivity index (χ1n) is 6.58. The molecule has 1 rings (SSSR count). The predicted molar refractivity (Wildman–Crippen MR) is 83.7 cm³/mol. The molecule has 1 aromatic carbocycles. The third-order valence-corrected chi connectivity index (χ3v) is 3.83. The van der Waals surface area contributed by atoms with Gasteiger partial charge in [-0.2, -0.15) is 11.8 Å². The van der Waals surface area contributed by atoms with Gasteiger partial charge in [0.15, 0.2) is 0 Å². The second-order valence-electron chi connectivity index (χ2n) is 4.82. The Labute approximate surface area is 124 Å². The molecule has 0 bridgehead atoms. The Morgan fingerprint density at radius 1 is 1.40 bits per heavy atom. The fourth-order valence-electron chi connectivity index (χ4n) is 2.25. The molecule has 5 heteroatoms. The number of hydrogen-bond acceptors (Lipinski definition) is 4. The van der Waals surface area contributed by atoms with E-state index >= 15 is 0 Å². The van der Waals surface area contributed by atoms with E-state index in [0.717, 1.165) is 28.2 Å². The van der Waals surface area contributed by atoms with Gasteiger partial charge < -0.3 is 15.2 Å². The molecule has 112 valence electrons. The summed E-state index contributed by atoms with van der Waals surface area (Å²) < 4.78 is 5.33. The lowest BCUT2D eigenvalue weighted by Crippen LogP contribution is -2.36. The lowest BCUT2D eigenvalue weighted by atomic mass is 10.1. The van der Waals surface area contributed by atoms with E-state index in [0.29, 0.717) is 13.0 Å². The lowest BCUT2D eigenvalue weighted by Gasteiger charge is -2.16. The molecule has 20 heavy (non-hydrogen) atoms. The van der Waals surface area contributed by atoms with Crippen LogP contribution in [0.5, 0.6) is 5.75 Å². The van der Waals surface area contributed by atoms with Gasteiger partial charge in [-0.3, -0.25) is 4.79 Å². The van der Waals surface area contributed by atoms with Crippen molar-refractivity contribution in [1.29, 1.82) is 0 Å². The van der Waals surface area contributed by atoms with Crippen molar-refractivity contribution in [2.45, 2.75) is 32.9 Å². The quantitative estimate of drug-likeness (QED) is 0.772. The second kappa shape index (κ2) is 8.17. The number of nitrogens with one attached hydrogen (secondary N) is 1. The molecule has 0 aliphatic heterocycles. The van der Waals surface area contributed by atoms with Crippen LogP contribution in [-0.2, 0) is 11.3 Å². The molecule has 0 saturated carbocycles. The van der Waals surface area contributed by atoms with Gasteiger partial charge in [-0.15, -0.1) is 0 Å². The number of aryl methyl sites for hydroxylation is 2. The molecule has 0 aromatic heterocycles. The molecular formula is C15H23NO3S. The molecule has 0 saturated heterocycles. The zero-order valence-corrected chi connectivity index (χ0v) is 13.3. The van der Waals surface area contributed by atoms with Crippen LogP contribution in [0, 0.1) is 13.8 Å². The Hall–Kier alpha value is -1.20. The van der Waals surface area contributed by atoms with Crippen LogP contribution in [0.4, 0.5) is 0 Å². The molecule has 1 unspecified atom stereocenters. The third kappa shape index (κ3) is 4.72. The highest BCUT2D eigenvalue weighted by molar-refractivity contribution is 7.98. The number of methoxy groups -OCH3 is 1. The third-order valence-electron chi connectivity index (χ3n) is 3.19. The number of carboxylic acid groups (broad SMARTS) is 1. The molecule has 0 spiro atoms. The van der Waals surface area contributed by atoms with E-state index in [9.17, 15) is 9.90 Å². The number of aliphatic carboxylic acids is 1. The minimum absolute atomic E-state index is 0.495. The SMILES string of the molecule is COc1c(C)cc(CNC(CCSC)C(=O)O)cc1C. The van der Waals surface area contributed by atoms with Crippen molar-refractivity contribution in [2.75, 3.05) is 19.1 Å². The van der Waals surface area contributed by atoms with E-state index in [1.807, 2.05) is 32.2 Å². The fourth-order valence-corrected chi connectivity index (χ4v) is 2.72. The van der Waals surface area contributed by atoms with Crippen molar-refractivity contribution in [3.05, 3.63) is 28.8 Å².